The van der Waals surface area contributed by atoms with Crippen LogP contribution in [0.1, 0.15) is 55.1 Å². The molecule has 0 unspecified atom stereocenters. The Kier molecular flexibility index (Phi) is 6.34. The third-order valence-electron chi connectivity index (χ3n) is 4.04. The minimum atomic E-state index is -0.0903. The van der Waals surface area contributed by atoms with Gasteiger partial charge in [0, 0.05) is 23.7 Å². The van der Waals surface area contributed by atoms with Crippen molar-refractivity contribution >= 4 is 17.5 Å². The first-order valence-electron chi connectivity index (χ1n) is 8.64. The monoisotopic (exact) mass is 338 g/mol. The van der Waals surface area contributed by atoms with Gasteiger partial charge in [-0.1, -0.05) is 52.0 Å². The Hall–Kier alpha value is -2.62. The Morgan fingerprint density at radius 2 is 1.48 bits per heavy atom. The Labute approximate surface area is 149 Å². The largest absolute Gasteiger partial charge is 0.348 e. The third-order valence-corrected chi connectivity index (χ3v) is 4.04. The maximum Gasteiger partial charge on any atom is 0.251 e. The van der Waals surface area contributed by atoms with Crippen LogP contribution in [0.3, 0.4) is 0 Å². The van der Waals surface area contributed by atoms with Crippen LogP contribution in [-0.2, 0) is 11.3 Å². The van der Waals surface area contributed by atoms with E-state index in [9.17, 15) is 9.59 Å². The molecule has 0 saturated carbocycles. The normalized spacial score (nSPS) is 10.8. The number of nitrogens with one attached hydrogen (secondary N) is 2. The molecule has 0 aliphatic carbocycles. The molecule has 132 valence electrons. The summed E-state index contributed by atoms with van der Waals surface area (Å²) in [5, 5.41) is 5.76. The molecule has 2 rings (SSSR count). The molecule has 0 aliphatic heterocycles. The van der Waals surface area contributed by atoms with Crippen LogP contribution in [0.15, 0.2) is 48.5 Å². The average molecular weight is 338 g/mol. The number of amides is 2. The van der Waals surface area contributed by atoms with Gasteiger partial charge < -0.3 is 10.6 Å². The highest BCUT2D eigenvalue weighted by Crippen LogP contribution is 2.15. The van der Waals surface area contributed by atoms with Gasteiger partial charge in [0.1, 0.15) is 0 Å². The van der Waals surface area contributed by atoms with Crippen LogP contribution in [0, 0.1) is 5.92 Å². The average Bonchev–Trinajstić information content (AvgIpc) is 2.60. The minimum absolute atomic E-state index is 0.00843. The molecule has 0 aliphatic rings. The van der Waals surface area contributed by atoms with Crippen molar-refractivity contribution in [1.82, 2.24) is 5.32 Å². The van der Waals surface area contributed by atoms with Crippen LogP contribution < -0.4 is 10.6 Å². The third kappa shape index (κ3) is 5.45. The fourth-order valence-electron chi connectivity index (χ4n) is 2.30. The van der Waals surface area contributed by atoms with Gasteiger partial charge in [0.05, 0.1) is 0 Å². The van der Waals surface area contributed by atoms with E-state index in [0.717, 1.165) is 11.3 Å². The summed E-state index contributed by atoms with van der Waals surface area (Å²) < 4.78 is 0. The molecule has 0 radical (unpaired) electrons. The number of carbonyl (C=O) groups excluding carboxylic acids is 2. The van der Waals surface area contributed by atoms with E-state index in [1.165, 1.54) is 5.56 Å². The van der Waals surface area contributed by atoms with Gasteiger partial charge in [-0.25, -0.2) is 0 Å². The molecule has 4 nitrogen and oxygen atoms in total. The summed E-state index contributed by atoms with van der Waals surface area (Å²) in [7, 11) is 0. The summed E-state index contributed by atoms with van der Waals surface area (Å²) in [5.41, 5.74) is 3.62. The molecule has 4 heteroatoms. The summed E-state index contributed by atoms with van der Waals surface area (Å²) >= 11 is 0. The summed E-state index contributed by atoms with van der Waals surface area (Å²) in [6.07, 6.45) is 0. The van der Waals surface area contributed by atoms with Crippen LogP contribution in [0.25, 0.3) is 0 Å². The van der Waals surface area contributed by atoms with Crippen LogP contribution in [0.5, 0.6) is 0 Å². The van der Waals surface area contributed by atoms with Crippen molar-refractivity contribution in [3.63, 3.8) is 0 Å². The van der Waals surface area contributed by atoms with Gasteiger partial charge in [0.15, 0.2) is 0 Å². The standard InChI is InChI=1S/C21H26N2O2/c1-14(2)17-7-9-18(10-8-17)21(25)22-13-16-5-11-19(12-6-16)23-20(24)15(3)4/h5-12,14-15H,13H2,1-4H3,(H,22,25)(H,23,24). The summed E-state index contributed by atoms with van der Waals surface area (Å²) in [6, 6.07) is 15.2. The van der Waals surface area contributed by atoms with Crippen molar-refractivity contribution in [2.75, 3.05) is 5.32 Å². The van der Waals surface area contributed by atoms with E-state index in [2.05, 4.69) is 24.5 Å². The van der Waals surface area contributed by atoms with Gasteiger partial charge in [0.2, 0.25) is 5.91 Å². The van der Waals surface area contributed by atoms with Gasteiger partial charge in [-0.15, -0.1) is 0 Å². The zero-order chi connectivity index (χ0) is 18.4. The Morgan fingerprint density at radius 3 is 2.00 bits per heavy atom. The number of benzene rings is 2. The molecule has 2 aromatic carbocycles. The maximum absolute atomic E-state index is 12.2. The second-order valence-electron chi connectivity index (χ2n) is 6.80. The van der Waals surface area contributed by atoms with Crippen molar-refractivity contribution < 1.29 is 9.59 Å². The van der Waals surface area contributed by atoms with Gasteiger partial charge >= 0.3 is 0 Å². The first-order valence-corrected chi connectivity index (χ1v) is 8.64. The molecule has 2 N–H and O–H groups in total. The van der Waals surface area contributed by atoms with E-state index in [0.29, 0.717) is 18.0 Å². The zero-order valence-electron chi connectivity index (χ0n) is 15.3. The summed E-state index contributed by atoms with van der Waals surface area (Å²) in [6.45, 7) is 8.41. The number of hydrogen-bond donors (Lipinski definition) is 2. The predicted molar refractivity (Wildman–Crippen MR) is 102 cm³/mol. The number of carbonyl (C=O) groups is 2. The van der Waals surface area contributed by atoms with E-state index < -0.39 is 0 Å². The number of rotatable bonds is 6. The molecule has 2 amide bonds. The quantitative estimate of drug-likeness (QED) is 0.823. The van der Waals surface area contributed by atoms with Gasteiger partial charge in [-0.2, -0.15) is 0 Å². The Balaban J connectivity index is 1.90. The first-order chi connectivity index (χ1) is 11.9. The fraction of sp³-hybridized carbons (Fsp3) is 0.333. The molecule has 0 saturated heterocycles. The molecule has 0 bridgehead atoms. The van der Waals surface area contributed by atoms with Crippen molar-refractivity contribution in [3.8, 4) is 0 Å². The van der Waals surface area contributed by atoms with Crippen LogP contribution >= 0.6 is 0 Å². The second-order valence-corrected chi connectivity index (χ2v) is 6.80. The molecule has 0 aromatic heterocycles. The van der Waals surface area contributed by atoms with Crippen LogP contribution in [0.4, 0.5) is 5.69 Å². The fourth-order valence-corrected chi connectivity index (χ4v) is 2.30. The van der Waals surface area contributed by atoms with E-state index in [4.69, 9.17) is 0 Å². The van der Waals surface area contributed by atoms with Crippen molar-refractivity contribution in [1.29, 1.82) is 0 Å². The molecule has 25 heavy (non-hydrogen) atoms. The van der Waals surface area contributed by atoms with Crippen LogP contribution in [-0.4, -0.2) is 11.8 Å². The SMILES string of the molecule is CC(C)C(=O)Nc1ccc(CNC(=O)c2ccc(C(C)C)cc2)cc1. The van der Waals surface area contributed by atoms with Gasteiger partial charge in [0.25, 0.3) is 5.91 Å². The topological polar surface area (TPSA) is 58.2 Å². The van der Waals surface area contributed by atoms with Crippen molar-refractivity contribution in [2.45, 2.75) is 40.2 Å². The molecular formula is C21H26N2O2. The smallest absolute Gasteiger partial charge is 0.251 e. The number of anilines is 1. The van der Waals surface area contributed by atoms with E-state index in [1.54, 1.807) is 0 Å². The van der Waals surface area contributed by atoms with Crippen molar-refractivity contribution in [2.24, 2.45) is 5.92 Å². The summed E-state index contributed by atoms with van der Waals surface area (Å²) in [4.78, 5) is 23.9. The van der Waals surface area contributed by atoms with Crippen molar-refractivity contribution in [3.05, 3.63) is 65.2 Å². The second kappa shape index (κ2) is 8.47. The first kappa shape index (κ1) is 18.7. The maximum atomic E-state index is 12.2. The predicted octanol–water partition coefficient (Wildman–Crippen LogP) is 4.33. The minimum Gasteiger partial charge on any atom is -0.348 e. The Morgan fingerprint density at radius 1 is 0.880 bits per heavy atom. The highest BCUT2D eigenvalue weighted by molar-refractivity contribution is 5.94. The lowest BCUT2D eigenvalue weighted by Crippen LogP contribution is -2.22. The van der Waals surface area contributed by atoms with E-state index >= 15 is 0 Å². The van der Waals surface area contributed by atoms with Crippen LogP contribution in [0.2, 0.25) is 0 Å². The lowest BCUT2D eigenvalue weighted by Gasteiger charge is -2.10. The van der Waals surface area contributed by atoms with E-state index in [1.807, 2.05) is 62.4 Å². The molecule has 0 spiro atoms. The molecule has 0 heterocycles. The van der Waals surface area contributed by atoms with E-state index in [-0.39, 0.29) is 17.7 Å². The lowest BCUT2D eigenvalue weighted by molar-refractivity contribution is -0.118. The molecule has 0 atom stereocenters. The highest BCUT2D eigenvalue weighted by atomic mass is 16.2. The van der Waals surface area contributed by atoms with Gasteiger partial charge in [-0.05, 0) is 41.3 Å². The Bertz CT molecular complexity index is 717. The zero-order valence-corrected chi connectivity index (χ0v) is 15.3. The summed E-state index contributed by atoms with van der Waals surface area (Å²) in [5.74, 6) is 0.297. The molecular weight excluding hydrogens is 312 g/mol. The molecule has 0 fully saturated rings. The molecule has 2 aromatic rings. The number of hydrogen-bond acceptors (Lipinski definition) is 2. The highest BCUT2D eigenvalue weighted by Gasteiger charge is 2.08. The van der Waals surface area contributed by atoms with Gasteiger partial charge in [-0.3, -0.25) is 9.59 Å². The lowest BCUT2D eigenvalue weighted by atomic mass is 10.0.